The predicted octanol–water partition coefficient (Wildman–Crippen LogP) is 0.711. The van der Waals surface area contributed by atoms with Gasteiger partial charge in [0.25, 0.3) is 0 Å². The van der Waals surface area contributed by atoms with E-state index in [1.807, 2.05) is 0 Å². The van der Waals surface area contributed by atoms with Gasteiger partial charge in [-0.25, -0.2) is 0 Å². The molecular weight excluding hydrogens is 268 g/mol. The van der Waals surface area contributed by atoms with Crippen molar-refractivity contribution in [2.75, 3.05) is 13.2 Å². The van der Waals surface area contributed by atoms with E-state index in [2.05, 4.69) is 19.6 Å². The third kappa shape index (κ3) is 5.21. The molecule has 19 heavy (non-hydrogen) atoms. The van der Waals surface area contributed by atoms with Gasteiger partial charge in [-0.05, 0) is 6.42 Å². The zero-order valence-electron chi connectivity index (χ0n) is 11.4. The highest BCUT2D eigenvalue weighted by Gasteiger charge is 2.42. The molecule has 0 aromatic rings. The smallest absolute Gasteiger partial charge is 0.172 e. The maximum atomic E-state index is 9.79. The lowest BCUT2D eigenvalue weighted by Gasteiger charge is -2.40. The van der Waals surface area contributed by atoms with Gasteiger partial charge >= 0.3 is 0 Å². The average Bonchev–Trinajstić information content (AvgIpc) is 2.42. The third-order valence-electron chi connectivity index (χ3n) is 3.38. The Bertz CT molecular complexity index is 239. The first-order valence-corrected chi connectivity index (χ1v) is 7.55. The van der Waals surface area contributed by atoms with Crippen LogP contribution < -0.4 is 0 Å². The Kier molecular flexibility index (Phi) is 8.29. The van der Waals surface area contributed by atoms with E-state index >= 15 is 0 Å². The molecule has 1 saturated heterocycles. The normalized spacial score (nSPS) is 35.5. The summed E-state index contributed by atoms with van der Waals surface area (Å²) in [7, 11) is 0. The van der Waals surface area contributed by atoms with Crippen molar-refractivity contribution in [3.05, 3.63) is 0 Å². The summed E-state index contributed by atoms with van der Waals surface area (Å²) in [5.74, 6) is 0. The van der Waals surface area contributed by atoms with Crippen LogP contribution in [0.15, 0.2) is 0 Å². The molecule has 0 aliphatic carbocycles. The number of ether oxygens (including phenoxy) is 2. The average molecular weight is 294 g/mol. The molecule has 1 aliphatic heterocycles. The van der Waals surface area contributed by atoms with Crippen molar-refractivity contribution in [3.8, 4) is 0 Å². The molecule has 5 atom stereocenters. The molecule has 0 aromatic carbocycles. The fraction of sp³-hybridized carbons (Fsp3) is 1.00. The number of hydrogen-bond donors (Lipinski definition) is 4. The first-order valence-electron chi connectivity index (χ1n) is 7.04. The lowest BCUT2D eigenvalue weighted by molar-refractivity contribution is -0.252. The van der Waals surface area contributed by atoms with Crippen molar-refractivity contribution in [1.82, 2.24) is 0 Å². The van der Waals surface area contributed by atoms with Gasteiger partial charge in [0, 0.05) is 6.61 Å². The molecule has 0 aromatic heterocycles. The topological polar surface area (TPSA) is 79.2 Å². The van der Waals surface area contributed by atoms with E-state index in [9.17, 15) is 10.2 Å². The molecule has 0 spiro atoms. The minimum absolute atomic E-state index is 0.352. The van der Waals surface area contributed by atoms with E-state index in [0.29, 0.717) is 6.61 Å². The highest BCUT2D eigenvalue weighted by Crippen LogP contribution is 2.25. The van der Waals surface area contributed by atoms with Crippen molar-refractivity contribution in [3.63, 3.8) is 0 Å². The summed E-state index contributed by atoms with van der Waals surface area (Å²) in [5, 5.41) is 27.9. The summed E-state index contributed by atoms with van der Waals surface area (Å²) in [5.41, 5.74) is 0. The quantitative estimate of drug-likeness (QED) is 0.392. The fourth-order valence-corrected chi connectivity index (χ4v) is 2.44. The van der Waals surface area contributed by atoms with Crippen LogP contribution in [-0.2, 0) is 9.47 Å². The number of aliphatic hydroxyl groups is 3. The highest BCUT2D eigenvalue weighted by molar-refractivity contribution is 7.81. The van der Waals surface area contributed by atoms with E-state index in [4.69, 9.17) is 14.6 Å². The molecule has 1 fully saturated rings. The molecule has 1 unspecified atom stereocenters. The molecule has 0 radical (unpaired) electrons. The number of rotatable bonds is 8. The van der Waals surface area contributed by atoms with Crippen molar-refractivity contribution in [1.29, 1.82) is 0 Å². The van der Waals surface area contributed by atoms with Crippen molar-refractivity contribution >= 4 is 12.6 Å². The van der Waals surface area contributed by atoms with Gasteiger partial charge in [-0.2, -0.15) is 12.6 Å². The maximum Gasteiger partial charge on any atom is 0.172 e. The van der Waals surface area contributed by atoms with Gasteiger partial charge in [0.2, 0.25) is 0 Å². The minimum atomic E-state index is -1.13. The first kappa shape index (κ1) is 17.2. The van der Waals surface area contributed by atoms with Gasteiger partial charge in [0.1, 0.15) is 12.2 Å². The Labute approximate surface area is 120 Å². The Morgan fingerprint density at radius 1 is 1.11 bits per heavy atom. The molecule has 0 bridgehead atoms. The van der Waals surface area contributed by atoms with Crippen LogP contribution in [0.3, 0.4) is 0 Å². The first-order chi connectivity index (χ1) is 9.11. The van der Waals surface area contributed by atoms with Gasteiger partial charge in [-0.15, -0.1) is 0 Å². The van der Waals surface area contributed by atoms with Crippen LogP contribution in [-0.4, -0.2) is 58.4 Å². The molecule has 0 saturated carbocycles. The van der Waals surface area contributed by atoms with Gasteiger partial charge in [-0.1, -0.05) is 32.6 Å². The molecule has 0 amide bonds. The monoisotopic (exact) mass is 294 g/mol. The van der Waals surface area contributed by atoms with E-state index in [0.717, 1.165) is 12.8 Å². The maximum absolute atomic E-state index is 9.79. The second-order valence-electron chi connectivity index (χ2n) is 4.98. The minimum Gasteiger partial charge on any atom is -0.394 e. The van der Waals surface area contributed by atoms with Crippen molar-refractivity contribution in [2.45, 2.75) is 68.9 Å². The summed E-state index contributed by atoms with van der Waals surface area (Å²) in [6.45, 7) is 2.35. The van der Waals surface area contributed by atoms with Crippen LogP contribution in [0.5, 0.6) is 0 Å². The Balaban J connectivity index is 2.28. The Morgan fingerprint density at radius 2 is 1.79 bits per heavy atom. The van der Waals surface area contributed by atoms with Crippen LogP contribution in [0.2, 0.25) is 0 Å². The standard InChI is InChI=1S/C13H26O5S/c1-2-3-4-5-6-7-17-13-12(19)11(16)10(15)9(8-14)18-13/h9-16,19H,2-8H2,1H3/t9-,10-,11+,12-,13?/m1/s1. The Morgan fingerprint density at radius 3 is 2.42 bits per heavy atom. The Hall–Kier alpha value is 0.150. The van der Waals surface area contributed by atoms with Crippen LogP contribution in [0.4, 0.5) is 0 Å². The zero-order valence-corrected chi connectivity index (χ0v) is 12.3. The molecule has 114 valence electrons. The molecule has 3 N–H and O–H groups in total. The number of unbranched alkanes of at least 4 members (excludes halogenated alkanes) is 4. The highest BCUT2D eigenvalue weighted by atomic mass is 32.1. The SMILES string of the molecule is CCCCCCCOC1O[C@H](CO)[C@@H](O)[C@H](O)[C@H]1S. The van der Waals surface area contributed by atoms with Crippen molar-refractivity contribution in [2.24, 2.45) is 0 Å². The van der Waals surface area contributed by atoms with Gasteiger partial charge in [0.15, 0.2) is 6.29 Å². The molecule has 6 heteroatoms. The summed E-state index contributed by atoms with van der Waals surface area (Å²) in [6, 6.07) is 0. The largest absolute Gasteiger partial charge is 0.394 e. The number of hydrogen-bond acceptors (Lipinski definition) is 6. The van der Waals surface area contributed by atoms with E-state index in [1.54, 1.807) is 0 Å². The van der Waals surface area contributed by atoms with Crippen LogP contribution in [0.1, 0.15) is 39.0 Å². The van der Waals surface area contributed by atoms with Crippen LogP contribution in [0, 0.1) is 0 Å². The second-order valence-corrected chi connectivity index (χ2v) is 5.58. The van der Waals surface area contributed by atoms with Crippen LogP contribution in [0.25, 0.3) is 0 Å². The van der Waals surface area contributed by atoms with Crippen LogP contribution >= 0.6 is 12.6 Å². The molecule has 1 heterocycles. The molecule has 1 rings (SSSR count). The third-order valence-corrected chi connectivity index (χ3v) is 3.93. The lowest BCUT2D eigenvalue weighted by atomic mass is 10.0. The molecular formula is C13H26O5S. The lowest BCUT2D eigenvalue weighted by Crippen LogP contribution is -2.57. The summed E-state index contributed by atoms with van der Waals surface area (Å²) in [6.07, 6.45) is 1.97. The predicted molar refractivity (Wildman–Crippen MR) is 75.2 cm³/mol. The number of aliphatic hydroxyl groups excluding tert-OH is 3. The fourth-order valence-electron chi connectivity index (χ4n) is 2.11. The summed E-state index contributed by atoms with van der Waals surface area (Å²) < 4.78 is 10.9. The van der Waals surface area contributed by atoms with E-state index in [-0.39, 0.29) is 6.61 Å². The summed E-state index contributed by atoms with van der Waals surface area (Å²) in [4.78, 5) is 0. The second kappa shape index (κ2) is 9.15. The van der Waals surface area contributed by atoms with Gasteiger partial charge in [0.05, 0.1) is 18.0 Å². The number of thiol groups is 1. The van der Waals surface area contributed by atoms with Crippen molar-refractivity contribution < 1.29 is 24.8 Å². The summed E-state index contributed by atoms with van der Waals surface area (Å²) >= 11 is 4.21. The zero-order chi connectivity index (χ0) is 14.3. The molecule has 1 aliphatic rings. The molecule has 5 nitrogen and oxygen atoms in total. The van der Waals surface area contributed by atoms with E-state index in [1.165, 1.54) is 19.3 Å². The van der Waals surface area contributed by atoms with Gasteiger partial charge < -0.3 is 24.8 Å². The van der Waals surface area contributed by atoms with Gasteiger partial charge in [-0.3, -0.25) is 0 Å². The van der Waals surface area contributed by atoms with E-state index < -0.39 is 29.9 Å².